The summed E-state index contributed by atoms with van der Waals surface area (Å²) in [6.07, 6.45) is 3.39. The normalized spacial score (nSPS) is 13.8. The van der Waals surface area contributed by atoms with Crippen LogP contribution in [0.4, 0.5) is 0 Å². The van der Waals surface area contributed by atoms with Gasteiger partial charge in [-0.1, -0.05) is 30.3 Å². The van der Waals surface area contributed by atoms with E-state index in [4.69, 9.17) is 14.6 Å². The third-order valence-electron chi connectivity index (χ3n) is 7.02. The molecule has 2 rings (SSSR count). The first-order valence-electron chi connectivity index (χ1n) is 15.5. The summed E-state index contributed by atoms with van der Waals surface area (Å²) in [5.74, 6) is -2.47. The zero-order chi connectivity index (χ0) is 32.7. The van der Waals surface area contributed by atoms with Crippen LogP contribution in [-0.4, -0.2) is 111 Å². The van der Waals surface area contributed by atoms with Crippen LogP contribution >= 0.6 is 0 Å². The van der Waals surface area contributed by atoms with E-state index in [9.17, 15) is 28.8 Å². The number of carbonyl (C=O) groups excluding carboxylic acids is 5. The number of carboxylic acid groups (broad SMARTS) is 1. The van der Waals surface area contributed by atoms with Crippen LogP contribution < -0.4 is 21.3 Å². The molecule has 14 nitrogen and oxygen atoms in total. The molecule has 1 saturated heterocycles. The molecule has 0 saturated carbocycles. The summed E-state index contributed by atoms with van der Waals surface area (Å²) in [5, 5.41) is 19.3. The SMILES string of the molecule is O=C(O)CCCCC(=O)OCNCC(=O)NCC(=O)NCCCCC(=O)[C@H](CCc1ccccc1)NC(=O)CN1CCOCC1. The zero-order valence-electron chi connectivity index (χ0n) is 25.9. The molecule has 1 atom stereocenters. The fourth-order valence-corrected chi connectivity index (χ4v) is 4.52. The topological polar surface area (TPSA) is 192 Å². The molecule has 1 heterocycles. The highest BCUT2D eigenvalue weighted by atomic mass is 16.5. The van der Waals surface area contributed by atoms with E-state index in [-0.39, 0.29) is 63.2 Å². The highest BCUT2D eigenvalue weighted by Gasteiger charge is 2.22. The number of nitrogens with one attached hydrogen (secondary N) is 4. The number of carbonyl (C=O) groups is 6. The molecule has 0 spiro atoms. The van der Waals surface area contributed by atoms with E-state index in [1.54, 1.807) is 0 Å². The number of morpholine rings is 1. The molecule has 14 heteroatoms. The predicted molar refractivity (Wildman–Crippen MR) is 164 cm³/mol. The molecule has 0 bridgehead atoms. The Bertz CT molecular complexity index is 1080. The highest BCUT2D eigenvalue weighted by molar-refractivity contribution is 5.89. The van der Waals surface area contributed by atoms with E-state index >= 15 is 0 Å². The average Bonchev–Trinajstić information content (AvgIpc) is 3.03. The standard InChI is InChI=1S/C31H47N5O9/c37-26(25(14-13-24-8-2-1-3-9-24)35-29(40)22-36-16-18-44-19-17-36)10-6-7-15-33-28(39)21-34-27(38)20-32-23-45-31(43)12-5-4-11-30(41)42/h1-3,8-9,25,32H,4-7,10-23H2,(H,33,39)(H,34,38)(H,35,40)(H,41,42)/t25-/m0/s1. The summed E-state index contributed by atoms with van der Waals surface area (Å²) in [4.78, 5) is 73.7. The molecule has 0 radical (unpaired) electrons. The largest absolute Gasteiger partial charge is 0.481 e. The van der Waals surface area contributed by atoms with Crippen molar-refractivity contribution in [3.05, 3.63) is 35.9 Å². The van der Waals surface area contributed by atoms with Crippen LogP contribution in [0.2, 0.25) is 0 Å². The lowest BCUT2D eigenvalue weighted by Crippen LogP contribution is -2.48. The number of rotatable bonds is 23. The van der Waals surface area contributed by atoms with E-state index in [0.717, 1.165) is 5.56 Å². The lowest BCUT2D eigenvalue weighted by atomic mass is 9.99. The van der Waals surface area contributed by atoms with Crippen molar-refractivity contribution in [2.75, 3.05) is 59.2 Å². The van der Waals surface area contributed by atoms with Crippen molar-refractivity contribution in [2.24, 2.45) is 0 Å². The average molecular weight is 634 g/mol. The predicted octanol–water partition coefficient (Wildman–Crippen LogP) is 0.143. The highest BCUT2D eigenvalue weighted by Crippen LogP contribution is 2.09. The van der Waals surface area contributed by atoms with Gasteiger partial charge >= 0.3 is 11.9 Å². The Balaban J connectivity index is 1.59. The second kappa shape index (κ2) is 22.6. The van der Waals surface area contributed by atoms with Crippen molar-refractivity contribution in [3.8, 4) is 0 Å². The van der Waals surface area contributed by atoms with E-state index in [0.29, 0.717) is 71.4 Å². The minimum absolute atomic E-state index is 0.00774. The molecule has 0 aliphatic carbocycles. The maximum Gasteiger partial charge on any atom is 0.307 e. The quantitative estimate of drug-likeness (QED) is 0.0626. The molecule has 1 aromatic carbocycles. The number of hydrogen-bond acceptors (Lipinski definition) is 10. The van der Waals surface area contributed by atoms with Gasteiger partial charge in [0.1, 0.15) is 6.73 Å². The third kappa shape index (κ3) is 18.5. The van der Waals surface area contributed by atoms with Gasteiger partial charge in [0.2, 0.25) is 17.7 Å². The van der Waals surface area contributed by atoms with Crippen LogP contribution in [0.3, 0.4) is 0 Å². The van der Waals surface area contributed by atoms with Crippen LogP contribution in [-0.2, 0) is 44.7 Å². The number of amides is 3. The van der Waals surface area contributed by atoms with Gasteiger partial charge in [0, 0.05) is 38.9 Å². The monoisotopic (exact) mass is 633 g/mol. The van der Waals surface area contributed by atoms with Gasteiger partial charge < -0.3 is 30.5 Å². The van der Waals surface area contributed by atoms with Gasteiger partial charge in [-0.2, -0.15) is 0 Å². The molecule has 250 valence electrons. The number of carboxylic acids is 1. The van der Waals surface area contributed by atoms with Crippen molar-refractivity contribution in [2.45, 2.75) is 63.8 Å². The summed E-state index contributed by atoms with van der Waals surface area (Å²) in [6, 6.07) is 9.21. The molecule has 0 aromatic heterocycles. The molecule has 1 aliphatic heterocycles. The Morgan fingerprint density at radius 2 is 1.53 bits per heavy atom. The van der Waals surface area contributed by atoms with Gasteiger partial charge in [0.05, 0.1) is 38.9 Å². The van der Waals surface area contributed by atoms with Gasteiger partial charge in [0.25, 0.3) is 0 Å². The number of ketones is 1. The van der Waals surface area contributed by atoms with Gasteiger partial charge in [-0.05, 0) is 44.1 Å². The van der Waals surface area contributed by atoms with Crippen molar-refractivity contribution >= 4 is 35.4 Å². The van der Waals surface area contributed by atoms with Gasteiger partial charge in [-0.15, -0.1) is 0 Å². The smallest absolute Gasteiger partial charge is 0.307 e. The first-order chi connectivity index (χ1) is 21.7. The molecular weight excluding hydrogens is 586 g/mol. The van der Waals surface area contributed by atoms with E-state index < -0.39 is 23.9 Å². The van der Waals surface area contributed by atoms with E-state index in [1.165, 1.54) is 0 Å². The minimum atomic E-state index is -0.918. The lowest BCUT2D eigenvalue weighted by Gasteiger charge is -2.27. The van der Waals surface area contributed by atoms with Crippen LogP contribution in [0.25, 0.3) is 0 Å². The summed E-state index contributed by atoms with van der Waals surface area (Å²) in [6.45, 7) is 2.53. The molecule has 1 aromatic rings. The molecule has 1 fully saturated rings. The second-order valence-corrected chi connectivity index (χ2v) is 10.8. The Hall–Kier alpha value is -3.88. The van der Waals surface area contributed by atoms with Crippen LogP contribution in [0.5, 0.6) is 0 Å². The van der Waals surface area contributed by atoms with Gasteiger partial charge in [-0.3, -0.25) is 39.0 Å². The number of hydrogen-bond donors (Lipinski definition) is 5. The Morgan fingerprint density at radius 3 is 2.27 bits per heavy atom. The fraction of sp³-hybridized carbons (Fsp3) is 0.613. The van der Waals surface area contributed by atoms with Crippen molar-refractivity contribution in [1.82, 2.24) is 26.2 Å². The number of nitrogens with zero attached hydrogens (tertiary/aromatic N) is 1. The molecule has 1 aliphatic rings. The maximum atomic E-state index is 13.1. The third-order valence-corrected chi connectivity index (χ3v) is 7.02. The first-order valence-corrected chi connectivity index (χ1v) is 15.5. The Kier molecular flexibility index (Phi) is 18.7. The fourth-order valence-electron chi connectivity index (χ4n) is 4.52. The molecule has 3 amide bonds. The van der Waals surface area contributed by atoms with Gasteiger partial charge in [0.15, 0.2) is 5.78 Å². The number of esters is 1. The summed E-state index contributed by atoms with van der Waals surface area (Å²) < 4.78 is 10.2. The Labute approximate surface area is 263 Å². The second-order valence-electron chi connectivity index (χ2n) is 10.8. The van der Waals surface area contributed by atoms with Crippen LogP contribution in [0.1, 0.15) is 56.9 Å². The number of Topliss-reactive ketones (excluding diaryl/α,β-unsaturated/α-hetero) is 1. The Morgan fingerprint density at radius 1 is 0.844 bits per heavy atom. The zero-order valence-corrected chi connectivity index (χ0v) is 25.9. The maximum absolute atomic E-state index is 13.1. The van der Waals surface area contributed by atoms with E-state index in [2.05, 4.69) is 21.3 Å². The summed E-state index contributed by atoms with van der Waals surface area (Å²) in [5.41, 5.74) is 1.09. The molecule has 5 N–H and O–H groups in total. The number of benzene rings is 1. The van der Waals surface area contributed by atoms with Crippen molar-refractivity contribution in [1.29, 1.82) is 0 Å². The number of unbranched alkanes of at least 4 members (excludes halogenated alkanes) is 2. The summed E-state index contributed by atoms with van der Waals surface area (Å²) >= 11 is 0. The number of ether oxygens (including phenoxy) is 2. The van der Waals surface area contributed by atoms with Gasteiger partial charge in [-0.25, -0.2) is 0 Å². The molecule has 0 unspecified atom stereocenters. The minimum Gasteiger partial charge on any atom is -0.481 e. The van der Waals surface area contributed by atoms with Crippen molar-refractivity contribution in [3.63, 3.8) is 0 Å². The number of aryl methyl sites for hydroxylation is 1. The van der Waals surface area contributed by atoms with Crippen LogP contribution in [0.15, 0.2) is 30.3 Å². The van der Waals surface area contributed by atoms with Crippen LogP contribution in [0, 0.1) is 0 Å². The lowest BCUT2D eigenvalue weighted by molar-refractivity contribution is -0.145. The number of aliphatic carboxylic acids is 1. The molecule has 45 heavy (non-hydrogen) atoms. The first kappa shape index (κ1) is 37.3. The van der Waals surface area contributed by atoms with Crippen molar-refractivity contribution < 1.29 is 43.3 Å². The molecular formula is C31H47N5O9. The summed E-state index contributed by atoms with van der Waals surface area (Å²) in [7, 11) is 0. The van der Waals surface area contributed by atoms with E-state index in [1.807, 2.05) is 35.2 Å².